The minimum absolute atomic E-state index is 0.0632. The normalized spacial score (nSPS) is 18.1. The van der Waals surface area contributed by atoms with E-state index in [2.05, 4.69) is 31.1 Å². The molecule has 118 valence electrons. The van der Waals surface area contributed by atoms with Crippen molar-refractivity contribution in [3.63, 3.8) is 0 Å². The Morgan fingerprint density at radius 3 is 2.50 bits per heavy atom. The molecule has 1 aliphatic carbocycles. The van der Waals surface area contributed by atoms with Gasteiger partial charge in [-0.3, -0.25) is 0 Å². The zero-order valence-electron chi connectivity index (χ0n) is 13.7. The Labute approximate surface area is 124 Å². The number of unbranched alkanes of at least 4 members (excludes halogenated alkanes) is 2. The summed E-state index contributed by atoms with van der Waals surface area (Å²) in [5.41, 5.74) is -0.494. The Morgan fingerprint density at radius 1 is 1.30 bits per heavy atom. The van der Waals surface area contributed by atoms with Gasteiger partial charge in [0.1, 0.15) is 5.54 Å². The first-order valence-electron chi connectivity index (χ1n) is 8.21. The van der Waals surface area contributed by atoms with E-state index in [0.717, 1.165) is 32.5 Å². The first-order chi connectivity index (χ1) is 9.60. The Morgan fingerprint density at radius 2 is 2.00 bits per heavy atom. The van der Waals surface area contributed by atoms with Crippen LogP contribution in [0.1, 0.15) is 52.9 Å². The molecular weight excluding hydrogens is 252 g/mol. The smallest absolute Gasteiger partial charge is 0.327 e. The summed E-state index contributed by atoms with van der Waals surface area (Å²) in [4.78, 5) is 14.8. The maximum Gasteiger partial charge on any atom is 0.327 e. The molecule has 0 aliphatic heterocycles. The summed E-state index contributed by atoms with van der Waals surface area (Å²) >= 11 is 0. The number of rotatable bonds is 11. The molecule has 0 bridgehead atoms. The molecule has 0 aromatic rings. The molecule has 0 radical (unpaired) electrons. The highest BCUT2D eigenvalue weighted by Crippen LogP contribution is 2.41. The predicted octanol–water partition coefficient (Wildman–Crippen LogP) is 2.43. The van der Waals surface area contributed by atoms with Crippen LogP contribution in [0.2, 0.25) is 0 Å². The summed E-state index contributed by atoms with van der Waals surface area (Å²) in [7, 11) is 2.11. The van der Waals surface area contributed by atoms with Crippen LogP contribution < -0.4 is 5.32 Å². The lowest BCUT2D eigenvalue weighted by molar-refractivity contribution is -0.153. The van der Waals surface area contributed by atoms with Crippen LogP contribution in [0, 0.1) is 5.92 Å². The van der Waals surface area contributed by atoms with Crippen LogP contribution in [0.3, 0.4) is 0 Å². The number of carbonyl (C=O) groups excluding carboxylic acids is 1. The molecule has 0 aromatic heterocycles. The fourth-order valence-corrected chi connectivity index (χ4v) is 2.92. The summed E-state index contributed by atoms with van der Waals surface area (Å²) in [5.74, 6) is 0.377. The molecule has 0 heterocycles. The van der Waals surface area contributed by atoms with Crippen LogP contribution >= 0.6 is 0 Å². The summed E-state index contributed by atoms with van der Waals surface area (Å²) in [6.07, 6.45) is 5.94. The summed E-state index contributed by atoms with van der Waals surface area (Å²) < 4.78 is 5.36. The molecule has 4 heteroatoms. The zero-order chi connectivity index (χ0) is 15.0. The van der Waals surface area contributed by atoms with Gasteiger partial charge in [-0.05, 0) is 52.2 Å². The second-order valence-corrected chi connectivity index (χ2v) is 5.94. The summed E-state index contributed by atoms with van der Waals surface area (Å²) in [6, 6.07) is 0. The van der Waals surface area contributed by atoms with Gasteiger partial charge in [0.25, 0.3) is 0 Å². The van der Waals surface area contributed by atoms with Crippen LogP contribution in [-0.2, 0) is 9.53 Å². The Kier molecular flexibility index (Phi) is 7.52. The average molecular weight is 284 g/mol. The van der Waals surface area contributed by atoms with Crippen molar-refractivity contribution in [2.45, 2.75) is 58.4 Å². The van der Waals surface area contributed by atoms with Crippen LogP contribution in [-0.4, -0.2) is 49.7 Å². The molecule has 1 rings (SSSR count). The maximum atomic E-state index is 12.5. The fourth-order valence-electron chi connectivity index (χ4n) is 2.92. The van der Waals surface area contributed by atoms with Crippen LogP contribution in [0.4, 0.5) is 0 Å². The van der Waals surface area contributed by atoms with Gasteiger partial charge in [-0.15, -0.1) is 0 Å². The molecule has 1 unspecified atom stereocenters. The average Bonchev–Trinajstić information content (AvgIpc) is 3.23. The first kappa shape index (κ1) is 17.4. The highest BCUT2D eigenvalue weighted by Gasteiger charge is 2.52. The molecule has 0 saturated heterocycles. The second-order valence-electron chi connectivity index (χ2n) is 5.94. The third kappa shape index (κ3) is 4.74. The summed E-state index contributed by atoms with van der Waals surface area (Å²) in [6.45, 7) is 9.23. The van der Waals surface area contributed by atoms with Crippen molar-refractivity contribution < 1.29 is 9.53 Å². The summed E-state index contributed by atoms with van der Waals surface area (Å²) in [5, 5.41) is 3.45. The van der Waals surface area contributed by atoms with Crippen LogP contribution in [0.15, 0.2) is 0 Å². The molecule has 1 saturated carbocycles. The van der Waals surface area contributed by atoms with E-state index in [9.17, 15) is 4.79 Å². The van der Waals surface area contributed by atoms with Gasteiger partial charge < -0.3 is 15.0 Å². The van der Waals surface area contributed by atoms with E-state index in [4.69, 9.17) is 4.74 Å². The van der Waals surface area contributed by atoms with E-state index in [1.165, 1.54) is 19.3 Å². The van der Waals surface area contributed by atoms with E-state index in [0.29, 0.717) is 12.5 Å². The van der Waals surface area contributed by atoms with Crippen molar-refractivity contribution in [2.75, 3.05) is 33.3 Å². The second kappa shape index (κ2) is 8.63. The van der Waals surface area contributed by atoms with Gasteiger partial charge in [-0.2, -0.15) is 0 Å². The minimum atomic E-state index is -0.494. The Bertz CT molecular complexity index is 292. The zero-order valence-corrected chi connectivity index (χ0v) is 13.7. The number of hydrogen-bond donors (Lipinski definition) is 1. The molecular formula is C16H32N2O2. The highest BCUT2D eigenvalue weighted by molar-refractivity contribution is 5.82. The Balaban J connectivity index is 2.67. The molecule has 1 N–H and O–H groups in total. The van der Waals surface area contributed by atoms with E-state index >= 15 is 0 Å². The number of esters is 1. The fraction of sp³-hybridized carbons (Fsp3) is 0.938. The van der Waals surface area contributed by atoms with E-state index in [1.807, 2.05) is 6.92 Å². The molecule has 4 nitrogen and oxygen atoms in total. The molecule has 1 aliphatic rings. The standard InChI is InChI=1S/C16H32N2O2/c1-5-8-9-12-18(4)13-16(17-6-2,14-10-11-14)15(19)20-7-3/h14,17H,5-13H2,1-4H3. The van der Waals surface area contributed by atoms with Gasteiger partial charge in [-0.1, -0.05) is 26.7 Å². The topological polar surface area (TPSA) is 41.6 Å². The van der Waals surface area contributed by atoms with Gasteiger partial charge in [0, 0.05) is 6.54 Å². The lowest BCUT2D eigenvalue weighted by Gasteiger charge is -2.36. The number of nitrogens with zero attached hydrogens (tertiary/aromatic N) is 1. The van der Waals surface area contributed by atoms with Gasteiger partial charge in [0.2, 0.25) is 0 Å². The minimum Gasteiger partial charge on any atom is -0.465 e. The molecule has 1 fully saturated rings. The van der Waals surface area contributed by atoms with Crippen LogP contribution in [0.5, 0.6) is 0 Å². The first-order valence-corrected chi connectivity index (χ1v) is 8.21. The lowest BCUT2D eigenvalue weighted by Crippen LogP contribution is -2.61. The molecule has 0 amide bonds. The quantitative estimate of drug-likeness (QED) is 0.467. The SMILES string of the molecule is CCCCCN(C)CC(NCC)(C(=O)OCC)C1CC1. The third-order valence-corrected chi connectivity index (χ3v) is 4.07. The predicted molar refractivity (Wildman–Crippen MR) is 82.8 cm³/mol. The monoisotopic (exact) mass is 284 g/mol. The number of nitrogens with one attached hydrogen (secondary N) is 1. The number of hydrogen-bond acceptors (Lipinski definition) is 4. The molecule has 0 spiro atoms. The highest BCUT2D eigenvalue weighted by atomic mass is 16.5. The largest absolute Gasteiger partial charge is 0.465 e. The van der Waals surface area contributed by atoms with Gasteiger partial charge in [0.05, 0.1) is 6.61 Å². The molecule has 0 aromatic carbocycles. The van der Waals surface area contributed by atoms with Crippen molar-refractivity contribution in [2.24, 2.45) is 5.92 Å². The number of likely N-dealkylation sites (N-methyl/N-ethyl adjacent to an activating group) is 2. The van der Waals surface area contributed by atoms with E-state index < -0.39 is 5.54 Å². The van der Waals surface area contributed by atoms with Crippen molar-refractivity contribution in [3.8, 4) is 0 Å². The van der Waals surface area contributed by atoms with E-state index in [-0.39, 0.29) is 5.97 Å². The van der Waals surface area contributed by atoms with Crippen LogP contribution in [0.25, 0.3) is 0 Å². The van der Waals surface area contributed by atoms with Gasteiger partial charge in [0.15, 0.2) is 0 Å². The number of carbonyl (C=O) groups is 1. The van der Waals surface area contributed by atoms with Gasteiger partial charge in [-0.25, -0.2) is 4.79 Å². The Hall–Kier alpha value is -0.610. The van der Waals surface area contributed by atoms with E-state index in [1.54, 1.807) is 0 Å². The molecule has 1 atom stereocenters. The third-order valence-electron chi connectivity index (χ3n) is 4.07. The van der Waals surface area contributed by atoms with Crippen molar-refractivity contribution in [3.05, 3.63) is 0 Å². The van der Waals surface area contributed by atoms with Crippen molar-refractivity contribution in [1.82, 2.24) is 10.2 Å². The van der Waals surface area contributed by atoms with Gasteiger partial charge >= 0.3 is 5.97 Å². The number of ether oxygens (including phenoxy) is 1. The van der Waals surface area contributed by atoms with Crippen molar-refractivity contribution >= 4 is 5.97 Å². The van der Waals surface area contributed by atoms with Crippen molar-refractivity contribution in [1.29, 1.82) is 0 Å². The maximum absolute atomic E-state index is 12.5. The lowest BCUT2D eigenvalue weighted by atomic mass is 9.92. The molecule has 20 heavy (non-hydrogen) atoms.